The SMILES string of the molecule is COc1ccc(CN2CCN(C(C)c3cccc([N+](=O)[O-])c3)CC2)cc1F. The van der Waals surface area contributed by atoms with Gasteiger partial charge in [0, 0.05) is 50.9 Å². The summed E-state index contributed by atoms with van der Waals surface area (Å²) in [5.41, 5.74) is 2.00. The van der Waals surface area contributed by atoms with Crippen molar-refractivity contribution in [1.29, 1.82) is 0 Å². The molecule has 0 aromatic heterocycles. The van der Waals surface area contributed by atoms with E-state index in [0.717, 1.165) is 37.3 Å². The van der Waals surface area contributed by atoms with E-state index in [2.05, 4.69) is 16.7 Å². The highest BCUT2D eigenvalue weighted by atomic mass is 19.1. The Hall–Kier alpha value is -2.51. The molecule has 0 radical (unpaired) electrons. The van der Waals surface area contributed by atoms with Crippen LogP contribution in [0.15, 0.2) is 42.5 Å². The Bertz CT molecular complexity index is 807. The third-order valence-corrected chi connectivity index (χ3v) is 5.14. The zero-order chi connectivity index (χ0) is 19.4. The van der Waals surface area contributed by atoms with E-state index in [1.54, 1.807) is 18.2 Å². The zero-order valence-corrected chi connectivity index (χ0v) is 15.6. The standard InChI is InChI=1S/C20H24FN3O3/c1-15(17-4-3-5-18(13-17)24(25)26)23-10-8-22(9-11-23)14-16-6-7-20(27-2)19(21)12-16/h3-7,12-13,15H,8-11,14H2,1-2H3. The van der Waals surface area contributed by atoms with Gasteiger partial charge in [-0.3, -0.25) is 19.9 Å². The Balaban J connectivity index is 1.57. The summed E-state index contributed by atoms with van der Waals surface area (Å²) < 4.78 is 18.8. The van der Waals surface area contributed by atoms with Crippen LogP contribution in [0.4, 0.5) is 10.1 Å². The number of piperazine rings is 1. The summed E-state index contributed by atoms with van der Waals surface area (Å²) in [7, 11) is 1.46. The van der Waals surface area contributed by atoms with Crippen LogP contribution in [0.2, 0.25) is 0 Å². The molecule has 1 heterocycles. The van der Waals surface area contributed by atoms with Gasteiger partial charge in [0.1, 0.15) is 0 Å². The molecule has 1 aliphatic heterocycles. The number of nitro groups is 1. The minimum absolute atomic E-state index is 0.116. The van der Waals surface area contributed by atoms with Crippen molar-refractivity contribution in [2.24, 2.45) is 0 Å². The van der Waals surface area contributed by atoms with E-state index < -0.39 is 0 Å². The number of hydrogen-bond acceptors (Lipinski definition) is 5. The molecular formula is C20H24FN3O3. The van der Waals surface area contributed by atoms with Crippen molar-refractivity contribution < 1.29 is 14.1 Å². The van der Waals surface area contributed by atoms with E-state index in [-0.39, 0.29) is 28.2 Å². The first-order chi connectivity index (χ1) is 13.0. The van der Waals surface area contributed by atoms with Gasteiger partial charge in [-0.25, -0.2) is 4.39 Å². The summed E-state index contributed by atoms with van der Waals surface area (Å²) in [5, 5.41) is 11.0. The number of halogens is 1. The summed E-state index contributed by atoms with van der Waals surface area (Å²) in [5.74, 6) is -0.0812. The molecule has 3 rings (SSSR count). The Labute approximate surface area is 158 Å². The van der Waals surface area contributed by atoms with Crippen molar-refractivity contribution in [2.75, 3.05) is 33.3 Å². The molecule has 1 aliphatic rings. The third-order valence-electron chi connectivity index (χ3n) is 5.14. The van der Waals surface area contributed by atoms with Gasteiger partial charge in [0.25, 0.3) is 5.69 Å². The van der Waals surface area contributed by atoms with Gasteiger partial charge >= 0.3 is 0 Å². The Kier molecular flexibility index (Phi) is 6.03. The molecule has 6 nitrogen and oxygen atoms in total. The fourth-order valence-corrected chi connectivity index (χ4v) is 3.48. The fraction of sp³-hybridized carbons (Fsp3) is 0.400. The maximum Gasteiger partial charge on any atom is 0.269 e. The predicted octanol–water partition coefficient (Wildman–Crippen LogP) is 3.62. The molecule has 2 aromatic rings. The van der Waals surface area contributed by atoms with Crippen LogP contribution < -0.4 is 4.74 Å². The summed E-state index contributed by atoms with van der Waals surface area (Å²) in [6, 6.07) is 12.0. The van der Waals surface area contributed by atoms with Crippen LogP contribution in [0.1, 0.15) is 24.1 Å². The topological polar surface area (TPSA) is 58.8 Å². The van der Waals surface area contributed by atoms with Gasteiger partial charge < -0.3 is 4.74 Å². The van der Waals surface area contributed by atoms with Crippen LogP contribution in [0.5, 0.6) is 5.75 Å². The molecular weight excluding hydrogens is 349 g/mol. The molecule has 0 aliphatic carbocycles. The normalized spacial score (nSPS) is 16.9. The lowest BCUT2D eigenvalue weighted by Gasteiger charge is -2.38. The molecule has 7 heteroatoms. The van der Waals surface area contributed by atoms with E-state index in [4.69, 9.17) is 4.74 Å². The molecule has 0 bridgehead atoms. The first-order valence-corrected chi connectivity index (χ1v) is 9.01. The van der Waals surface area contributed by atoms with E-state index in [1.165, 1.54) is 19.2 Å². The summed E-state index contributed by atoms with van der Waals surface area (Å²) in [6.45, 7) is 6.23. The highest BCUT2D eigenvalue weighted by Gasteiger charge is 2.23. The Morgan fingerprint density at radius 1 is 1.19 bits per heavy atom. The molecule has 2 aromatic carbocycles. The van der Waals surface area contributed by atoms with Crippen LogP contribution in [-0.4, -0.2) is 48.0 Å². The lowest BCUT2D eigenvalue weighted by molar-refractivity contribution is -0.385. The van der Waals surface area contributed by atoms with Crippen LogP contribution in [0.25, 0.3) is 0 Å². The molecule has 0 N–H and O–H groups in total. The van der Waals surface area contributed by atoms with Gasteiger partial charge in [-0.1, -0.05) is 18.2 Å². The second-order valence-electron chi connectivity index (χ2n) is 6.81. The van der Waals surface area contributed by atoms with E-state index >= 15 is 0 Å². The maximum atomic E-state index is 13.8. The second-order valence-corrected chi connectivity index (χ2v) is 6.81. The number of rotatable bonds is 6. The first-order valence-electron chi connectivity index (χ1n) is 9.01. The fourth-order valence-electron chi connectivity index (χ4n) is 3.48. The second kappa shape index (κ2) is 8.45. The minimum atomic E-state index is -0.359. The number of nitrogens with zero attached hydrogens (tertiary/aromatic N) is 3. The van der Waals surface area contributed by atoms with Gasteiger partial charge in [0.15, 0.2) is 11.6 Å². The maximum absolute atomic E-state index is 13.8. The summed E-state index contributed by atoms with van der Waals surface area (Å²) in [6.07, 6.45) is 0. The Morgan fingerprint density at radius 3 is 2.56 bits per heavy atom. The first kappa shape index (κ1) is 19.3. The number of non-ortho nitro benzene ring substituents is 1. The van der Waals surface area contributed by atoms with Crippen LogP contribution in [-0.2, 0) is 6.54 Å². The Morgan fingerprint density at radius 2 is 1.93 bits per heavy atom. The lowest BCUT2D eigenvalue weighted by atomic mass is 10.1. The summed E-state index contributed by atoms with van der Waals surface area (Å²) >= 11 is 0. The molecule has 27 heavy (non-hydrogen) atoms. The largest absolute Gasteiger partial charge is 0.494 e. The average molecular weight is 373 g/mol. The van der Waals surface area contributed by atoms with Gasteiger partial charge in [-0.15, -0.1) is 0 Å². The molecule has 1 saturated heterocycles. The predicted molar refractivity (Wildman–Crippen MR) is 101 cm³/mol. The molecule has 0 saturated carbocycles. The zero-order valence-electron chi connectivity index (χ0n) is 15.6. The van der Waals surface area contributed by atoms with Crippen LogP contribution >= 0.6 is 0 Å². The average Bonchev–Trinajstić information content (AvgIpc) is 2.68. The van der Waals surface area contributed by atoms with E-state index in [9.17, 15) is 14.5 Å². The van der Waals surface area contributed by atoms with Crippen molar-refractivity contribution >= 4 is 5.69 Å². The van der Waals surface area contributed by atoms with E-state index in [1.807, 2.05) is 12.1 Å². The summed E-state index contributed by atoms with van der Waals surface area (Å²) in [4.78, 5) is 15.2. The molecule has 0 spiro atoms. The number of ether oxygens (including phenoxy) is 1. The van der Waals surface area contributed by atoms with Crippen molar-refractivity contribution in [3.05, 3.63) is 69.5 Å². The highest BCUT2D eigenvalue weighted by Crippen LogP contribution is 2.25. The number of benzene rings is 2. The quantitative estimate of drug-likeness (QED) is 0.572. The van der Waals surface area contributed by atoms with Crippen molar-refractivity contribution in [3.8, 4) is 5.75 Å². The molecule has 0 amide bonds. The molecule has 1 unspecified atom stereocenters. The third kappa shape index (κ3) is 4.61. The van der Waals surface area contributed by atoms with Gasteiger partial charge in [-0.05, 0) is 30.2 Å². The lowest BCUT2D eigenvalue weighted by Crippen LogP contribution is -2.46. The minimum Gasteiger partial charge on any atom is -0.494 e. The van der Waals surface area contributed by atoms with Gasteiger partial charge in [-0.2, -0.15) is 0 Å². The molecule has 144 valence electrons. The van der Waals surface area contributed by atoms with Gasteiger partial charge in [0.05, 0.1) is 12.0 Å². The number of hydrogen-bond donors (Lipinski definition) is 0. The monoisotopic (exact) mass is 373 g/mol. The molecule has 1 atom stereocenters. The van der Waals surface area contributed by atoms with Crippen LogP contribution in [0, 0.1) is 15.9 Å². The molecule has 1 fully saturated rings. The number of methoxy groups -OCH3 is 1. The number of nitro benzene ring substituents is 1. The van der Waals surface area contributed by atoms with Crippen LogP contribution in [0.3, 0.4) is 0 Å². The highest BCUT2D eigenvalue weighted by molar-refractivity contribution is 5.35. The van der Waals surface area contributed by atoms with Crippen molar-refractivity contribution in [1.82, 2.24) is 9.80 Å². The van der Waals surface area contributed by atoms with Gasteiger partial charge in [0.2, 0.25) is 0 Å². The van der Waals surface area contributed by atoms with Crippen molar-refractivity contribution in [2.45, 2.75) is 19.5 Å². The smallest absolute Gasteiger partial charge is 0.269 e. The van der Waals surface area contributed by atoms with Crippen molar-refractivity contribution in [3.63, 3.8) is 0 Å². The van der Waals surface area contributed by atoms with E-state index in [0.29, 0.717) is 6.54 Å².